The maximum Gasteiger partial charge on any atom is 0.251 e. The highest BCUT2D eigenvalue weighted by molar-refractivity contribution is 14.1. The highest BCUT2D eigenvalue weighted by atomic mass is 127. The summed E-state index contributed by atoms with van der Waals surface area (Å²) in [5.74, 6) is 0.831. The van der Waals surface area contributed by atoms with Crippen LogP contribution >= 0.6 is 22.6 Å². The molecule has 1 amide bonds. The maximum atomic E-state index is 12.0. The summed E-state index contributed by atoms with van der Waals surface area (Å²) in [6.45, 7) is 1.97. The van der Waals surface area contributed by atoms with Gasteiger partial charge in [0.05, 0.1) is 6.26 Å². The molecule has 94 valence electrons. The smallest absolute Gasteiger partial charge is 0.251 e. The Balaban J connectivity index is 1.95. The lowest BCUT2D eigenvalue weighted by Gasteiger charge is -2.12. The molecule has 2 rings (SSSR count). The van der Waals surface area contributed by atoms with E-state index in [0.717, 1.165) is 9.33 Å². The third-order valence-corrected chi connectivity index (χ3v) is 3.22. The number of hydrogen-bond acceptors (Lipinski definition) is 2. The van der Waals surface area contributed by atoms with Gasteiger partial charge in [0.25, 0.3) is 5.91 Å². The number of furan rings is 1. The lowest BCUT2D eigenvalue weighted by atomic mass is 10.1. The number of carbonyl (C=O) groups excluding carboxylic acids is 1. The zero-order valence-corrected chi connectivity index (χ0v) is 12.2. The van der Waals surface area contributed by atoms with Crippen LogP contribution in [0.25, 0.3) is 0 Å². The van der Waals surface area contributed by atoms with Crippen molar-refractivity contribution in [3.05, 3.63) is 57.6 Å². The van der Waals surface area contributed by atoms with Gasteiger partial charge in [0, 0.05) is 21.6 Å². The Morgan fingerprint density at radius 1 is 1.39 bits per heavy atom. The molecule has 0 aliphatic heterocycles. The van der Waals surface area contributed by atoms with Crippen LogP contribution in [0.15, 0.2) is 47.1 Å². The van der Waals surface area contributed by atoms with Gasteiger partial charge in [-0.1, -0.05) is 6.07 Å². The molecule has 1 heterocycles. The minimum absolute atomic E-state index is 0.0431. The van der Waals surface area contributed by atoms with Crippen LogP contribution in [0, 0.1) is 3.57 Å². The number of nitrogens with one attached hydrogen (secondary N) is 1. The van der Waals surface area contributed by atoms with Crippen molar-refractivity contribution >= 4 is 28.5 Å². The van der Waals surface area contributed by atoms with Gasteiger partial charge >= 0.3 is 0 Å². The van der Waals surface area contributed by atoms with Gasteiger partial charge in [-0.15, -0.1) is 0 Å². The number of amides is 1. The summed E-state index contributed by atoms with van der Waals surface area (Å²) in [7, 11) is 0. The van der Waals surface area contributed by atoms with E-state index in [1.807, 2.05) is 43.3 Å². The van der Waals surface area contributed by atoms with Crippen molar-refractivity contribution in [2.75, 3.05) is 0 Å². The predicted molar refractivity (Wildman–Crippen MR) is 78.5 cm³/mol. The molecule has 2 aromatic rings. The van der Waals surface area contributed by atoms with E-state index in [1.54, 1.807) is 6.26 Å². The molecule has 0 spiro atoms. The van der Waals surface area contributed by atoms with E-state index in [2.05, 4.69) is 27.9 Å². The topological polar surface area (TPSA) is 42.2 Å². The Labute approximate surface area is 120 Å². The van der Waals surface area contributed by atoms with Crippen molar-refractivity contribution in [2.24, 2.45) is 0 Å². The van der Waals surface area contributed by atoms with Gasteiger partial charge in [0.15, 0.2) is 0 Å². The van der Waals surface area contributed by atoms with E-state index in [4.69, 9.17) is 4.42 Å². The monoisotopic (exact) mass is 355 g/mol. The average molecular weight is 355 g/mol. The number of halogens is 1. The van der Waals surface area contributed by atoms with Gasteiger partial charge < -0.3 is 9.73 Å². The van der Waals surface area contributed by atoms with Crippen LogP contribution in [-0.4, -0.2) is 11.9 Å². The lowest BCUT2D eigenvalue weighted by molar-refractivity contribution is 0.0939. The summed E-state index contributed by atoms with van der Waals surface area (Å²) in [5.41, 5.74) is 0.688. The fourth-order valence-electron chi connectivity index (χ4n) is 1.72. The molecule has 3 nitrogen and oxygen atoms in total. The Morgan fingerprint density at radius 3 is 2.89 bits per heavy atom. The molecule has 0 bridgehead atoms. The lowest BCUT2D eigenvalue weighted by Crippen LogP contribution is -2.34. The molecule has 0 saturated heterocycles. The molecule has 0 saturated carbocycles. The standard InChI is InChI=1S/C14H14INO2/c1-10(8-13-6-3-7-18-13)16-14(17)11-4-2-5-12(15)9-11/h2-7,9-10H,8H2,1H3,(H,16,17). The van der Waals surface area contributed by atoms with Crippen LogP contribution in [0.4, 0.5) is 0 Å². The summed E-state index contributed by atoms with van der Waals surface area (Å²) in [5, 5.41) is 2.96. The molecule has 0 aliphatic rings. The maximum absolute atomic E-state index is 12.0. The van der Waals surface area contributed by atoms with Crippen molar-refractivity contribution < 1.29 is 9.21 Å². The average Bonchev–Trinajstić information content (AvgIpc) is 2.81. The molecule has 0 fully saturated rings. The molecular formula is C14H14INO2. The zero-order chi connectivity index (χ0) is 13.0. The third-order valence-electron chi connectivity index (χ3n) is 2.55. The Kier molecular flexibility index (Phi) is 4.41. The molecule has 1 atom stereocenters. The van der Waals surface area contributed by atoms with Gasteiger partial charge in [-0.2, -0.15) is 0 Å². The number of rotatable bonds is 4. The molecule has 1 unspecified atom stereocenters. The number of carbonyl (C=O) groups is 1. The van der Waals surface area contributed by atoms with E-state index >= 15 is 0 Å². The van der Waals surface area contributed by atoms with Crippen molar-refractivity contribution in [3.63, 3.8) is 0 Å². The molecule has 4 heteroatoms. The number of hydrogen-bond donors (Lipinski definition) is 1. The Hall–Kier alpha value is -1.30. The largest absolute Gasteiger partial charge is 0.469 e. The van der Waals surface area contributed by atoms with Gasteiger partial charge in [-0.05, 0) is 59.8 Å². The van der Waals surface area contributed by atoms with E-state index < -0.39 is 0 Å². The SMILES string of the molecule is CC(Cc1ccco1)NC(=O)c1cccc(I)c1. The first-order valence-corrected chi connectivity index (χ1v) is 6.82. The third kappa shape index (κ3) is 3.60. The van der Waals surface area contributed by atoms with Crippen molar-refractivity contribution in [3.8, 4) is 0 Å². The van der Waals surface area contributed by atoms with Crippen molar-refractivity contribution in [2.45, 2.75) is 19.4 Å². The highest BCUT2D eigenvalue weighted by Gasteiger charge is 2.11. The second-order valence-corrected chi connectivity index (χ2v) is 5.41. The van der Waals surface area contributed by atoms with Gasteiger partial charge in [-0.25, -0.2) is 0 Å². The van der Waals surface area contributed by atoms with Crippen LogP contribution < -0.4 is 5.32 Å². The van der Waals surface area contributed by atoms with E-state index in [-0.39, 0.29) is 11.9 Å². The van der Waals surface area contributed by atoms with Gasteiger partial charge in [0.2, 0.25) is 0 Å². The quantitative estimate of drug-likeness (QED) is 0.856. The fourth-order valence-corrected chi connectivity index (χ4v) is 2.26. The molecule has 1 aromatic heterocycles. The minimum Gasteiger partial charge on any atom is -0.469 e. The second kappa shape index (κ2) is 6.04. The van der Waals surface area contributed by atoms with Crippen LogP contribution in [0.3, 0.4) is 0 Å². The minimum atomic E-state index is -0.0485. The second-order valence-electron chi connectivity index (χ2n) is 4.17. The van der Waals surface area contributed by atoms with Gasteiger partial charge in [-0.3, -0.25) is 4.79 Å². The molecule has 0 radical (unpaired) electrons. The van der Waals surface area contributed by atoms with Crippen molar-refractivity contribution in [1.82, 2.24) is 5.32 Å². The van der Waals surface area contributed by atoms with Crippen molar-refractivity contribution in [1.29, 1.82) is 0 Å². The normalized spacial score (nSPS) is 12.1. The summed E-state index contributed by atoms with van der Waals surface area (Å²) in [4.78, 5) is 12.0. The molecular weight excluding hydrogens is 341 g/mol. The molecule has 1 aromatic carbocycles. The predicted octanol–water partition coefficient (Wildman–Crippen LogP) is 3.25. The van der Waals surface area contributed by atoms with Crippen LogP contribution in [-0.2, 0) is 6.42 Å². The zero-order valence-electron chi connectivity index (χ0n) is 10.0. The van der Waals surface area contributed by atoms with E-state index in [9.17, 15) is 4.79 Å². The molecule has 1 N–H and O–H groups in total. The Bertz CT molecular complexity index is 522. The summed E-state index contributed by atoms with van der Waals surface area (Å²) >= 11 is 2.20. The summed E-state index contributed by atoms with van der Waals surface area (Å²) < 4.78 is 6.31. The van der Waals surface area contributed by atoms with Crippen LogP contribution in [0.2, 0.25) is 0 Å². The highest BCUT2D eigenvalue weighted by Crippen LogP contribution is 2.09. The molecule has 0 aliphatic carbocycles. The first kappa shape index (κ1) is 13.1. The molecule has 18 heavy (non-hydrogen) atoms. The number of benzene rings is 1. The fraction of sp³-hybridized carbons (Fsp3) is 0.214. The van der Waals surface area contributed by atoms with Crippen LogP contribution in [0.1, 0.15) is 23.0 Å². The first-order valence-electron chi connectivity index (χ1n) is 5.74. The summed E-state index contributed by atoms with van der Waals surface area (Å²) in [6.07, 6.45) is 2.34. The Morgan fingerprint density at radius 2 is 2.22 bits per heavy atom. The first-order chi connectivity index (χ1) is 8.65. The van der Waals surface area contributed by atoms with Crippen LogP contribution in [0.5, 0.6) is 0 Å². The van der Waals surface area contributed by atoms with E-state index in [1.165, 1.54) is 0 Å². The van der Waals surface area contributed by atoms with Gasteiger partial charge in [0.1, 0.15) is 5.76 Å². The summed E-state index contributed by atoms with van der Waals surface area (Å²) in [6, 6.07) is 11.3. The van der Waals surface area contributed by atoms with E-state index in [0.29, 0.717) is 12.0 Å².